The van der Waals surface area contributed by atoms with Crippen molar-refractivity contribution in [3.63, 3.8) is 0 Å². The normalized spacial score (nSPS) is 14.2. The largest absolute Gasteiger partial charge is 0.298 e. The van der Waals surface area contributed by atoms with E-state index in [2.05, 4.69) is 0 Å². The Morgan fingerprint density at radius 3 is 1.44 bits per heavy atom. The summed E-state index contributed by atoms with van der Waals surface area (Å²) in [5, 5.41) is 15.7. The molecular formula is C18H30N2O4S. The van der Waals surface area contributed by atoms with E-state index in [1.165, 1.54) is 6.92 Å². The molecule has 0 aliphatic rings. The lowest BCUT2D eigenvalue weighted by Crippen LogP contribution is -2.38. The van der Waals surface area contributed by atoms with Gasteiger partial charge >= 0.3 is 0 Å². The molecule has 0 aromatic carbocycles. The number of carbonyl (C=O) groups excluding carboxylic acids is 2. The van der Waals surface area contributed by atoms with Crippen molar-refractivity contribution in [3.05, 3.63) is 0 Å². The van der Waals surface area contributed by atoms with Gasteiger partial charge in [-0.15, -0.1) is 0 Å². The SMILES string of the molecule is CCC(C#N)C(=O)C(C)(C)C.CCS(=O)(=O)C(C#N)C(=O)C(C)(C)C. The highest BCUT2D eigenvalue weighted by molar-refractivity contribution is 7.93. The Morgan fingerprint density at radius 2 is 1.28 bits per heavy atom. The van der Waals surface area contributed by atoms with Crippen LogP contribution in [0, 0.1) is 39.4 Å². The first-order valence-electron chi connectivity index (χ1n) is 8.19. The second-order valence-corrected chi connectivity index (χ2v) is 10.2. The van der Waals surface area contributed by atoms with Gasteiger partial charge in [-0.1, -0.05) is 55.4 Å². The van der Waals surface area contributed by atoms with Crippen molar-refractivity contribution in [1.29, 1.82) is 10.5 Å². The number of sulfone groups is 1. The van der Waals surface area contributed by atoms with Crippen LogP contribution < -0.4 is 0 Å². The molecule has 0 rings (SSSR count). The molecule has 0 aromatic heterocycles. The third-order valence-electron chi connectivity index (χ3n) is 3.48. The van der Waals surface area contributed by atoms with Crippen LogP contribution in [0.5, 0.6) is 0 Å². The Labute approximate surface area is 152 Å². The molecule has 2 atom stereocenters. The summed E-state index contributed by atoms with van der Waals surface area (Å²) < 4.78 is 22.8. The van der Waals surface area contributed by atoms with Crippen LogP contribution in [-0.2, 0) is 19.4 Å². The molecule has 0 bridgehead atoms. The van der Waals surface area contributed by atoms with Crippen LogP contribution in [-0.4, -0.2) is 31.0 Å². The number of hydrogen-bond donors (Lipinski definition) is 0. The van der Waals surface area contributed by atoms with Crippen molar-refractivity contribution in [1.82, 2.24) is 0 Å². The fourth-order valence-electron chi connectivity index (χ4n) is 1.72. The number of Topliss-reactive ketones (excluding diaryl/α,β-unsaturated/α-hetero) is 2. The van der Waals surface area contributed by atoms with Crippen molar-refractivity contribution in [3.8, 4) is 12.1 Å². The van der Waals surface area contributed by atoms with E-state index in [0.29, 0.717) is 6.42 Å². The minimum Gasteiger partial charge on any atom is -0.298 e. The summed E-state index contributed by atoms with van der Waals surface area (Å²) in [5.74, 6) is -1.10. The van der Waals surface area contributed by atoms with Gasteiger partial charge in [-0.05, 0) is 6.42 Å². The summed E-state index contributed by atoms with van der Waals surface area (Å²) in [6.07, 6.45) is 0.618. The van der Waals surface area contributed by atoms with E-state index in [4.69, 9.17) is 10.5 Å². The second-order valence-electron chi connectivity index (χ2n) is 7.78. The lowest BCUT2D eigenvalue weighted by atomic mass is 9.83. The number of nitrogens with zero attached hydrogens (tertiary/aromatic N) is 2. The average molecular weight is 371 g/mol. The Kier molecular flexibility index (Phi) is 9.87. The van der Waals surface area contributed by atoms with Crippen molar-refractivity contribution in [2.24, 2.45) is 16.7 Å². The molecule has 0 fully saturated rings. The van der Waals surface area contributed by atoms with Crippen LogP contribution in [0.1, 0.15) is 61.8 Å². The first kappa shape index (κ1) is 25.5. The number of nitriles is 2. The van der Waals surface area contributed by atoms with Gasteiger partial charge in [0.25, 0.3) is 0 Å². The van der Waals surface area contributed by atoms with Gasteiger partial charge in [0.2, 0.25) is 5.25 Å². The lowest BCUT2D eigenvalue weighted by molar-refractivity contribution is -0.128. The molecule has 0 amide bonds. The van der Waals surface area contributed by atoms with Gasteiger partial charge in [0.05, 0.1) is 12.1 Å². The van der Waals surface area contributed by atoms with E-state index in [-0.39, 0.29) is 17.0 Å². The fraction of sp³-hybridized carbons (Fsp3) is 0.778. The van der Waals surface area contributed by atoms with E-state index in [9.17, 15) is 18.0 Å². The molecule has 0 aliphatic heterocycles. The molecular weight excluding hydrogens is 340 g/mol. The van der Waals surface area contributed by atoms with Gasteiger partial charge in [0.1, 0.15) is 5.92 Å². The molecule has 0 aliphatic carbocycles. The maximum Gasteiger partial charge on any atom is 0.206 e. The zero-order valence-electron chi connectivity index (χ0n) is 16.5. The summed E-state index contributed by atoms with van der Waals surface area (Å²) in [4.78, 5) is 23.0. The maximum atomic E-state index is 11.6. The van der Waals surface area contributed by atoms with Crippen LogP contribution in [0.25, 0.3) is 0 Å². The molecule has 0 saturated heterocycles. The standard InChI is InChI=1S/C9H15NO3S.C9H15NO/c1-5-14(12,13)7(6-10)8(11)9(2,3)4;1-5-7(6-10)8(11)9(2,3)4/h7H,5H2,1-4H3;7H,5H2,1-4H3. The Balaban J connectivity index is 0. The highest BCUT2D eigenvalue weighted by atomic mass is 32.2. The molecule has 0 N–H and O–H groups in total. The van der Waals surface area contributed by atoms with Crippen molar-refractivity contribution < 1.29 is 18.0 Å². The molecule has 6 nitrogen and oxygen atoms in total. The van der Waals surface area contributed by atoms with Crippen molar-refractivity contribution >= 4 is 21.4 Å². The summed E-state index contributed by atoms with van der Waals surface area (Å²) in [7, 11) is -3.60. The summed E-state index contributed by atoms with van der Waals surface area (Å²) in [5.41, 5.74) is -1.18. The van der Waals surface area contributed by atoms with Crippen LogP contribution in [0.2, 0.25) is 0 Å². The van der Waals surface area contributed by atoms with E-state index >= 15 is 0 Å². The minimum absolute atomic E-state index is 0.0440. The lowest BCUT2D eigenvalue weighted by Gasteiger charge is -2.19. The third-order valence-corrected chi connectivity index (χ3v) is 5.32. The molecule has 25 heavy (non-hydrogen) atoms. The topological polar surface area (TPSA) is 116 Å². The van der Waals surface area contributed by atoms with E-state index in [1.807, 2.05) is 33.8 Å². The Bertz CT molecular complexity index is 653. The van der Waals surface area contributed by atoms with Gasteiger partial charge in [0, 0.05) is 16.6 Å². The molecule has 0 heterocycles. The first-order valence-corrected chi connectivity index (χ1v) is 9.91. The summed E-state index contributed by atoms with van der Waals surface area (Å²) >= 11 is 0. The van der Waals surface area contributed by atoms with Gasteiger partial charge in [-0.2, -0.15) is 10.5 Å². The maximum absolute atomic E-state index is 11.6. The number of ketones is 2. The zero-order chi connectivity index (χ0) is 20.6. The second kappa shape index (κ2) is 9.68. The van der Waals surface area contributed by atoms with Crippen molar-refractivity contribution in [2.75, 3.05) is 5.75 Å². The minimum atomic E-state index is -3.60. The molecule has 142 valence electrons. The number of hydrogen-bond acceptors (Lipinski definition) is 6. The van der Waals surface area contributed by atoms with Gasteiger partial charge in [-0.3, -0.25) is 9.59 Å². The van der Waals surface area contributed by atoms with Crippen LogP contribution in [0.15, 0.2) is 0 Å². The highest BCUT2D eigenvalue weighted by Gasteiger charge is 2.37. The number of rotatable bonds is 5. The van der Waals surface area contributed by atoms with E-state index in [1.54, 1.807) is 26.8 Å². The quantitative estimate of drug-likeness (QED) is 0.734. The van der Waals surface area contributed by atoms with E-state index < -0.39 is 32.2 Å². The Morgan fingerprint density at radius 1 is 0.880 bits per heavy atom. The molecule has 0 aromatic rings. The molecule has 0 radical (unpaired) electrons. The van der Waals surface area contributed by atoms with Crippen molar-refractivity contribution in [2.45, 2.75) is 67.1 Å². The predicted molar refractivity (Wildman–Crippen MR) is 97.2 cm³/mol. The molecule has 7 heteroatoms. The van der Waals surface area contributed by atoms with Crippen LogP contribution in [0.3, 0.4) is 0 Å². The summed E-state index contributed by atoms with van der Waals surface area (Å²) in [6, 6.07) is 3.57. The monoisotopic (exact) mass is 370 g/mol. The van der Waals surface area contributed by atoms with Gasteiger partial charge in [0.15, 0.2) is 21.4 Å². The third kappa shape index (κ3) is 8.27. The average Bonchev–Trinajstić information content (AvgIpc) is 2.47. The highest BCUT2D eigenvalue weighted by Crippen LogP contribution is 2.21. The molecule has 0 saturated carbocycles. The number of carbonyl (C=O) groups is 2. The first-order chi connectivity index (χ1) is 11.1. The van der Waals surface area contributed by atoms with E-state index in [0.717, 1.165) is 0 Å². The molecule has 2 unspecified atom stereocenters. The van der Waals surface area contributed by atoms with Crippen LogP contribution >= 0.6 is 0 Å². The van der Waals surface area contributed by atoms with Gasteiger partial charge in [-0.25, -0.2) is 8.42 Å². The Hall–Kier alpha value is -1.73. The smallest absolute Gasteiger partial charge is 0.206 e. The predicted octanol–water partition coefficient (Wildman–Crippen LogP) is 3.08. The fourth-order valence-corrected chi connectivity index (χ4v) is 2.89. The van der Waals surface area contributed by atoms with Gasteiger partial charge < -0.3 is 0 Å². The molecule has 0 spiro atoms. The van der Waals surface area contributed by atoms with Crippen LogP contribution in [0.4, 0.5) is 0 Å². The summed E-state index contributed by atoms with van der Waals surface area (Å²) in [6.45, 7) is 13.6. The zero-order valence-corrected chi connectivity index (χ0v) is 17.3.